The number of amides is 1. The van der Waals surface area contributed by atoms with E-state index in [-0.39, 0.29) is 18.0 Å². The van der Waals surface area contributed by atoms with Crippen molar-refractivity contribution in [2.75, 3.05) is 20.6 Å². The first-order valence-corrected chi connectivity index (χ1v) is 8.05. The van der Waals surface area contributed by atoms with E-state index in [4.69, 9.17) is 0 Å². The summed E-state index contributed by atoms with van der Waals surface area (Å²) in [6, 6.07) is 0.299. The van der Waals surface area contributed by atoms with E-state index in [1.165, 1.54) is 0 Å². The van der Waals surface area contributed by atoms with Crippen LogP contribution in [0.2, 0.25) is 0 Å². The normalized spacial score (nSPS) is 27.2. The molecule has 0 N–H and O–H groups in total. The monoisotopic (exact) mass is 308 g/mol. The molecule has 1 saturated heterocycles. The quantitative estimate of drug-likeness (QED) is 0.844. The molecule has 3 rings (SSSR count). The molecule has 6 heteroatoms. The van der Waals surface area contributed by atoms with Gasteiger partial charge in [-0.05, 0) is 51.8 Å². The van der Waals surface area contributed by atoms with Crippen molar-refractivity contribution in [1.29, 1.82) is 0 Å². The Bertz CT molecular complexity index is 552. The van der Waals surface area contributed by atoms with E-state index in [1.54, 1.807) is 9.58 Å². The number of hydrogen-bond acceptors (Lipinski definition) is 3. The summed E-state index contributed by atoms with van der Waals surface area (Å²) in [6.07, 6.45) is 7.03. The van der Waals surface area contributed by atoms with Crippen LogP contribution in [0.25, 0.3) is 0 Å². The minimum absolute atomic E-state index is 0.0277. The summed E-state index contributed by atoms with van der Waals surface area (Å²) in [4.78, 5) is 16.6. The molecule has 0 aromatic carbocycles. The highest BCUT2D eigenvalue weighted by atomic mass is 19.1. The van der Waals surface area contributed by atoms with Crippen LogP contribution in [-0.4, -0.2) is 63.9 Å². The zero-order valence-corrected chi connectivity index (χ0v) is 13.6. The van der Waals surface area contributed by atoms with E-state index in [0.717, 1.165) is 24.8 Å². The average Bonchev–Trinajstić information content (AvgIpc) is 3.02. The van der Waals surface area contributed by atoms with Crippen LogP contribution in [0.3, 0.4) is 0 Å². The van der Waals surface area contributed by atoms with E-state index in [2.05, 4.69) is 10.00 Å². The molecule has 0 radical (unpaired) electrons. The lowest BCUT2D eigenvalue weighted by Crippen LogP contribution is -2.54. The lowest BCUT2D eigenvalue weighted by atomic mass is 9.80. The molecule has 1 aliphatic heterocycles. The fraction of sp³-hybridized carbons (Fsp3) is 0.750. The number of aromatic nitrogens is 2. The molecule has 1 saturated carbocycles. The van der Waals surface area contributed by atoms with Crippen LogP contribution in [0.1, 0.15) is 31.2 Å². The molecular weight excluding hydrogens is 283 g/mol. The number of hydrogen-bond donors (Lipinski definition) is 0. The number of likely N-dealkylation sites (N-methyl/N-ethyl adjacent to an activating group) is 1. The van der Waals surface area contributed by atoms with Crippen LogP contribution in [-0.2, 0) is 18.3 Å². The van der Waals surface area contributed by atoms with Gasteiger partial charge >= 0.3 is 0 Å². The van der Waals surface area contributed by atoms with Gasteiger partial charge in [-0.15, -0.1) is 0 Å². The second kappa shape index (κ2) is 5.65. The molecule has 122 valence electrons. The Hall–Kier alpha value is -1.43. The number of carbonyl (C=O) groups is 1. The molecule has 1 aromatic heterocycles. The first-order chi connectivity index (χ1) is 10.4. The van der Waals surface area contributed by atoms with Crippen molar-refractivity contribution in [1.82, 2.24) is 19.6 Å². The second-order valence-electron chi connectivity index (χ2n) is 6.93. The largest absolute Gasteiger partial charge is 0.335 e. The summed E-state index contributed by atoms with van der Waals surface area (Å²) in [5.41, 5.74) is -0.505. The first kappa shape index (κ1) is 15.5. The Balaban J connectivity index is 1.80. The predicted octanol–water partition coefficient (Wildman–Crippen LogP) is 1.39. The third-order valence-corrected chi connectivity index (χ3v) is 5.17. The predicted molar refractivity (Wildman–Crippen MR) is 82.2 cm³/mol. The number of rotatable bonds is 4. The molecule has 5 nitrogen and oxygen atoms in total. The highest BCUT2D eigenvalue weighted by molar-refractivity contribution is 5.86. The van der Waals surface area contributed by atoms with Gasteiger partial charge in [-0.25, -0.2) is 4.39 Å². The van der Waals surface area contributed by atoms with Gasteiger partial charge < -0.3 is 9.80 Å². The van der Waals surface area contributed by atoms with Crippen LogP contribution >= 0.6 is 0 Å². The zero-order valence-electron chi connectivity index (χ0n) is 13.6. The Kier molecular flexibility index (Phi) is 3.97. The Morgan fingerprint density at radius 3 is 2.73 bits per heavy atom. The van der Waals surface area contributed by atoms with Crippen LogP contribution in [0, 0.1) is 0 Å². The van der Waals surface area contributed by atoms with Gasteiger partial charge in [0, 0.05) is 25.8 Å². The van der Waals surface area contributed by atoms with Crippen LogP contribution < -0.4 is 0 Å². The van der Waals surface area contributed by atoms with Crippen LogP contribution in [0.5, 0.6) is 0 Å². The molecule has 0 bridgehead atoms. The maximum Gasteiger partial charge on any atom is 0.260 e. The van der Waals surface area contributed by atoms with E-state index in [1.807, 2.05) is 33.5 Å². The third-order valence-electron chi connectivity index (χ3n) is 5.17. The van der Waals surface area contributed by atoms with Gasteiger partial charge in [0.25, 0.3) is 5.91 Å². The molecule has 2 fully saturated rings. The highest BCUT2D eigenvalue weighted by Gasteiger charge is 2.50. The molecule has 22 heavy (non-hydrogen) atoms. The van der Waals surface area contributed by atoms with Gasteiger partial charge in [-0.3, -0.25) is 9.48 Å². The molecule has 1 aliphatic carbocycles. The summed E-state index contributed by atoms with van der Waals surface area (Å²) in [5.74, 6) is -0.294. The van der Waals surface area contributed by atoms with Crippen molar-refractivity contribution >= 4 is 5.91 Å². The Morgan fingerprint density at radius 1 is 1.50 bits per heavy atom. The number of carbonyl (C=O) groups excluding carboxylic acids is 1. The first-order valence-electron chi connectivity index (χ1n) is 8.05. The molecule has 0 spiro atoms. The minimum atomic E-state index is -1.60. The van der Waals surface area contributed by atoms with Gasteiger partial charge in [0.05, 0.1) is 12.2 Å². The Labute approximate surface area is 131 Å². The van der Waals surface area contributed by atoms with Crippen molar-refractivity contribution in [2.24, 2.45) is 7.05 Å². The Morgan fingerprint density at radius 2 is 2.23 bits per heavy atom. The van der Waals surface area contributed by atoms with Crippen molar-refractivity contribution < 1.29 is 9.18 Å². The third kappa shape index (κ3) is 2.64. The second-order valence-corrected chi connectivity index (χ2v) is 6.93. The molecular formula is C16H25FN4O. The van der Waals surface area contributed by atoms with E-state index >= 15 is 0 Å². The van der Waals surface area contributed by atoms with E-state index in [0.29, 0.717) is 19.4 Å². The SMILES string of the molecule is CN(C)[C@@H]1CCN(C(=O)C2(F)CCC2)[C@H]1Cc1cnn(C)c1. The van der Waals surface area contributed by atoms with Crippen molar-refractivity contribution in [3.63, 3.8) is 0 Å². The van der Waals surface area contributed by atoms with Crippen molar-refractivity contribution in [3.05, 3.63) is 18.0 Å². The van der Waals surface area contributed by atoms with Gasteiger partial charge in [-0.2, -0.15) is 5.10 Å². The van der Waals surface area contributed by atoms with Crippen molar-refractivity contribution in [2.45, 2.75) is 49.9 Å². The zero-order chi connectivity index (χ0) is 15.9. The smallest absolute Gasteiger partial charge is 0.260 e. The summed E-state index contributed by atoms with van der Waals surface area (Å²) in [6.45, 7) is 0.651. The summed E-state index contributed by atoms with van der Waals surface area (Å²) >= 11 is 0. The lowest BCUT2D eigenvalue weighted by Gasteiger charge is -2.39. The maximum absolute atomic E-state index is 14.6. The average molecular weight is 308 g/mol. The van der Waals surface area contributed by atoms with Gasteiger partial charge in [-0.1, -0.05) is 0 Å². The van der Waals surface area contributed by atoms with Crippen LogP contribution in [0.4, 0.5) is 4.39 Å². The maximum atomic E-state index is 14.6. The minimum Gasteiger partial charge on any atom is -0.335 e. The molecule has 2 heterocycles. The highest BCUT2D eigenvalue weighted by Crippen LogP contribution is 2.39. The lowest BCUT2D eigenvalue weighted by molar-refractivity contribution is -0.151. The standard InChI is InChI=1S/C16H25FN4O/c1-19(2)13-5-8-21(15(22)16(17)6-4-7-16)14(13)9-12-10-18-20(3)11-12/h10-11,13-14H,4-9H2,1-3H3/t13-,14+/m1/s1. The van der Waals surface area contributed by atoms with Crippen LogP contribution in [0.15, 0.2) is 12.4 Å². The summed E-state index contributed by atoms with van der Waals surface area (Å²) < 4.78 is 16.3. The fourth-order valence-corrected chi connectivity index (χ4v) is 3.72. The number of aryl methyl sites for hydroxylation is 1. The summed E-state index contributed by atoms with van der Waals surface area (Å²) in [5, 5.41) is 4.20. The number of nitrogens with zero attached hydrogens (tertiary/aromatic N) is 4. The van der Waals surface area contributed by atoms with E-state index < -0.39 is 5.67 Å². The number of alkyl halides is 1. The molecule has 1 aromatic rings. The molecule has 0 unspecified atom stereocenters. The summed E-state index contributed by atoms with van der Waals surface area (Å²) in [7, 11) is 5.95. The van der Waals surface area contributed by atoms with Gasteiger partial charge in [0.15, 0.2) is 5.67 Å². The fourth-order valence-electron chi connectivity index (χ4n) is 3.72. The molecule has 2 aliphatic rings. The van der Waals surface area contributed by atoms with Crippen molar-refractivity contribution in [3.8, 4) is 0 Å². The topological polar surface area (TPSA) is 41.4 Å². The van der Waals surface area contributed by atoms with Gasteiger partial charge in [0.1, 0.15) is 0 Å². The molecule has 1 amide bonds. The number of likely N-dealkylation sites (tertiary alicyclic amines) is 1. The van der Waals surface area contributed by atoms with E-state index in [9.17, 15) is 9.18 Å². The molecule has 2 atom stereocenters. The van der Waals surface area contributed by atoms with Gasteiger partial charge in [0.2, 0.25) is 0 Å². The number of halogens is 1.